The molecule has 0 atom stereocenters. The molecule has 0 bridgehead atoms. The summed E-state index contributed by atoms with van der Waals surface area (Å²) in [5, 5.41) is 3.00. The molecule has 1 aliphatic heterocycles. The van der Waals surface area contributed by atoms with Crippen LogP contribution in [0.15, 0.2) is 30.5 Å². The third-order valence-corrected chi connectivity index (χ3v) is 5.87. The first kappa shape index (κ1) is 20.3. The van der Waals surface area contributed by atoms with Gasteiger partial charge in [-0.2, -0.15) is 0 Å². The van der Waals surface area contributed by atoms with Gasteiger partial charge in [0.25, 0.3) is 5.82 Å². The Bertz CT molecular complexity index is 978. The minimum atomic E-state index is -0.325. The molecule has 0 spiro atoms. The number of anilines is 1. The fraction of sp³-hybridized carbons (Fsp3) is 0.435. The normalized spacial score (nSPS) is 17.9. The van der Waals surface area contributed by atoms with Gasteiger partial charge in [0.1, 0.15) is 0 Å². The largest absolute Gasteiger partial charge is 0.363 e. The molecule has 7 nitrogen and oxygen atoms in total. The summed E-state index contributed by atoms with van der Waals surface area (Å²) < 4.78 is 0. The second-order valence-corrected chi connectivity index (χ2v) is 8.12. The molecule has 2 heterocycles. The maximum atomic E-state index is 12.7. The van der Waals surface area contributed by atoms with Crippen molar-refractivity contribution in [1.29, 1.82) is 0 Å². The molecule has 1 aromatic heterocycles. The summed E-state index contributed by atoms with van der Waals surface area (Å²) in [6.07, 6.45) is 8.19. The van der Waals surface area contributed by atoms with Crippen molar-refractivity contribution in [3.8, 4) is 0 Å². The van der Waals surface area contributed by atoms with Gasteiger partial charge in [0, 0.05) is 44.0 Å². The summed E-state index contributed by atoms with van der Waals surface area (Å²) in [4.78, 5) is 27.6. The van der Waals surface area contributed by atoms with Crippen molar-refractivity contribution < 1.29 is 4.79 Å². The molecule has 1 fully saturated rings. The van der Waals surface area contributed by atoms with E-state index in [2.05, 4.69) is 55.2 Å². The maximum absolute atomic E-state index is 12.7. The summed E-state index contributed by atoms with van der Waals surface area (Å²) in [5.41, 5.74) is 4.48. The van der Waals surface area contributed by atoms with Gasteiger partial charge < -0.3 is 15.1 Å². The number of likely N-dealkylation sites (N-methyl/N-ethyl adjacent to an activating group) is 1. The Balaban J connectivity index is 1.56. The van der Waals surface area contributed by atoms with E-state index in [9.17, 15) is 4.79 Å². The summed E-state index contributed by atoms with van der Waals surface area (Å²) >= 11 is 0. The minimum Gasteiger partial charge on any atom is -0.363 e. The van der Waals surface area contributed by atoms with E-state index in [0.717, 1.165) is 56.8 Å². The zero-order valence-corrected chi connectivity index (χ0v) is 17.4. The molecule has 156 valence electrons. The van der Waals surface area contributed by atoms with E-state index in [1.54, 1.807) is 0 Å². The smallest absolute Gasteiger partial charge is 0.314 e. The van der Waals surface area contributed by atoms with E-state index in [0.29, 0.717) is 0 Å². The number of rotatable bonds is 5. The lowest BCUT2D eigenvalue weighted by atomic mass is 9.91. The number of imidazole rings is 1. The topological polar surface area (TPSA) is 68.6 Å². The van der Waals surface area contributed by atoms with Crippen molar-refractivity contribution in [3.05, 3.63) is 58.8 Å². The number of piperazine rings is 1. The summed E-state index contributed by atoms with van der Waals surface area (Å²) in [5.74, 6) is 0.0957. The average Bonchev–Trinajstić information content (AvgIpc) is 3.26. The molecule has 2 aromatic rings. The van der Waals surface area contributed by atoms with Crippen molar-refractivity contribution in [1.82, 2.24) is 19.8 Å². The third kappa shape index (κ3) is 4.78. The molecular weight excluding hydrogens is 376 g/mol. The minimum absolute atomic E-state index is 0.158. The van der Waals surface area contributed by atoms with Crippen LogP contribution in [-0.4, -0.2) is 58.9 Å². The lowest BCUT2D eigenvalue weighted by Gasteiger charge is -2.32. The first-order valence-corrected chi connectivity index (χ1v) is 10.6. The zero-order chi connectivity index (χ0) is 20.9. The Kier molecular flexibility index (Phi) is 6.26. The van der Waals surface area contributed by atoms with E-state index in [4.69, 9.17) is 6.57 Å². The van der Waals surface area contributed by atoms with Gasteiger partial charge in [0.15, 0.2) is 0 Å². The number of hydrogen-bond donors (Lipinski definition) is 2. The predicted molar refractivity (Wildman–Crippen MR) is 118 cm³/mol. The van der Waals surface area contributed by atoms with Crippen LogP contribution in [0.2, 0.25) is 0 Å². The van der Waals surface area contributed by atoms with Crippen LogP contribution in [0, 0.1) is 6.57 Å². The lowest BCUT2D eigenvalue weighted by Crippen LogP contribution is -2.43. The van der Waals surface area contributed by atoms with E-state index in [1.807, 2.05) is 6.07 Å². The van der Waals surface area contributed by atoms with E-state index < -0.39 is 0 Å². The van der Waals surface area contributed by atoms with Gasteiger partial charge >= 0.3 is 5.91 Å². The van der Waals surface area contributed by atoms with Crippen molar-refractivity contribution in [3.63, 3.8) is 0 Å². The van der Waals surface area contributed by atoms with Gasteiger partial charge in [-0.3, -0.25) is 14.7 Å². The van der Waals surface area contributed by atoms with E-state index in [-0.39, 0.29) is 17.5 Å². The SMILES string of the molecule is [C-]#[N+]c1cnc(C(=O)Nc2ccc(CN3CCN(C)CC3)cc2C2=CCCCC2)[nH]1. The number of H-pyrrole nitrogens is 1. The number of carbonyl (C=O) groups is 1. The number of hydrogen-bond acceptors (Lipinski definition) is 4. The van der Waals surface area contributed by atoms with Gasteiger partial charge in [0.2, 0.25) is 5.82 Å². The second-order valence-electron chi connectivity index (χ2n) is 8.12. The van der Waals surface area contributed by atoms with Crippen LogP contribution in [0.25, 0.3) is 10.4 Å². The Morgan fingerprint density at radius 3 is 2.80 bits per heavy atom. The Morgan fingerprint density at radius 2 is 2.10 bits per heavy atom. The van der Waals surface area contributed by atoms with Gasteiger partial charge in [0.05, 0.1) is 6.20 Å². The van der Waals surface area contributed by atoms with Gasteiger partial charge in [-0.05, 0) is 56.0 Å². The molecule has 1 saturated heterocycles. The van der Waals surface area contributed by atoms with Crippen LogP contribution in [-0.2, 0) is 6.54 Å². The first-order chi connectivity index (χ1) is 14.6. The average molecular weight is 405 g/mol. The number of carbonyl (C=O) groups excluding carboxylic acids is 1. The Hall–Kier alpha value is -2.95. The number of aromatic amines is 1. The maximum Gasteiger partial charge on any atom is 0.314 e. The molecule has 1 aromatic carbocycles. The number of allylic oxidation sites excluding steroid dienone is 2. The third-order valence-electron chi connectivity index (χ3n) is 5.87. The molecule has 0 saturated carbocycles. The van der Waals surface area contributed by atoms with Crippen molar-refractivity contribution >= 4 is 23.0 Å². The summed E-state index contributed by atoms with van der Waals surface area (Å²) in [6, 6.07) is 6.35. The van der Waals surface area contributed by atoms with E-state index >= 15 is 0 Å². The monoisotopic (exact) mass is 404 g/mol. The van der Waals surface area contributed by atoms with Gasteiger partial charge in [-0.15, -0.1) is 0 Å². The van der Waals surface area contributed by atoms with Crippen molar-refractivity contribution in [2.24, 2.45) is 0 Å². The number of benzene rings is 1. The highest BCUT2D eigenvalue weighted by molar-refractivity contribution is 6.03. The van der Waals surface area contributed by atoms with Crippen molar-refractivity contribution in [2.75, 3.05) is 38.5 Å². The fourth-order valence-electron chi connectivity index (χ4n) is 4.08. The van der Waals surface area contributed by atoms with Crippen molar-refractivity contribution in [2.45, 2.75) is 32.2 Å². The highest BCUT2D eigenvalue weighted by Crippen LogP contribution is 2.33. The van der Waals surface area contributed by atoms with Gasteiger partial charge in [-0.25, -0.2) is 4.98 Å². The lowest BCUT2D eigenvalue weighted by molar-refractivity contribution is 0.101. The Labute approximate surface area is 177 Å². The molecule has 0 radical (unpaired) electrons. The predicted octanol–water partition coefficient (Wildman–Crippen LogP) is 3.92. The zero-order valence-electron chi connectivity index (χ0n) is 17.4. The van der Waals surface area contributed by atoms with Crippen LogP contribution < -0.4 is 5.32 Å². The molecule has 30 heavy (non-hydrogen) atoms. The molecular formula is C23H28N6O. The van der Waals surface area contributed by atoms with Crippen LogP contribution >= 0.6 is 0 Å². The molecule has 4 rings (SSSR count). The second kappa shape index (κ2) is 9.24. The molecule has 1 amide bonds. The van der Waals surface area contributed by atoms with Crippen LogP contribution in [0.4, 0.5) is 11.5 Å². The van der Waals surface area contributed by atoms with Crippen LogP contribution in [0.5, 0.6) is 0 Å². The number of amides is 1. The molecule has 1 aliphatic carbocycles. The first-order valence-electron chi connectivity index (χ1n) is 10.6. The van der Waals surface area contributed by atoms with E-state index in [1.165, 1.54) is 30.2 Å². The number of nitrogens with one attached hydrogen (secondary N) is 2. The summed E-state index contributed by atoms with van der Waals surface area (Å²) in [7, 11) is 2.17. The van der Waals surface area contributed by atoms with Gasteiger partial charge in [-0.1, -0.05) is 18.7 Å². The highest BCUT2D eigenvalue weighted by atomic mass is 16.2. The standard InChI is InChI=1S/C23H28N6O/c1-24-21-15-25-22(27-21)23(30)26-20-9-8-17(16-29-12-10-28(2)11-13-29)14-19(20)18-6-4-3-5-7-18/h6,8-9,14-15H,3-5,7,10-13,16H2,2H3,(H,25,27)(H,26,30). The number of nitrogens with zero attached hydrogens (tertiary/aromatic N) is 4. The fourth-order valence-corrected chi connectivity index (χ4v) is 4.08. The number of aromatic nitrogens is 2. The van der Waals surface area contributed by atoms with Crippen LogP contribution in [0.3, 0.4) is 0 Å². The highest BCUT2D eigenvalue weighted by Gasteiger charge is 2.19. The molecule has 7 heteroatoms. The molecule has 2 N–H and O–H groups in total. The Morgan fingerprint density at radius 1 is 1.27 bits per heavy atom. The quantitative estimate of drug-likeness (QED) is 0.741. The molecule has 2 aliphatic rings. The molecule has 0 unspecified atom stereocenters. The summed E-state index contributed by atoms with van der Waals surface area (Å²) in [6.45, 7) is 12.3. The van der Waals surface area contributed by atoms with Crippen LogP contribution in [0.1, 0.15) is 47.4 Å².